The normalized spacial score (nSPS) is 18.3. The van der Waals surface area contributed by atoms with Crippen LogP contribution in [-0.2, 0) is 0 Å². The molecule has 0 N–H and O–H groups in total. The van der Waals surface area contributed by atoms with E-state index < -0.39 is 11.6 Å². The standard InChI is InChI=1S/C17H16F2N4O/c1-10-4-2-3-5-23(10)16-14-15(22-24-17(14)21-9-20-16)11-6-12(18)8-13(19)7-11/h6-10H,2-5H2,1H3/t10-/m0/s1. The van der Waals surface area contributed by atoms with E-state index in [1.54, 1.807) is 0 Å². The Morgan fingerprint density at radius 2 is 1.92 bits per heavy atom. The zero-order valence-electron chi connectivity index (χ0n) is 13.2. The lowest BCUT2D eigenvalue weighted by Crippen LogP contribution is -2.38. The van der Waals surface area contributed by atoms with Gasteiger partial charge in [0.05, 0.1) is 0 Å². The molecule has 4 rings (SSSR count). The van der Waals surface area contributed by atoms with E-state index in [2.05, 4.69) is 26.9 Å². The number of aromatic nitrogens is 3. The molecule has 0 bridgehead atoms. The van der Waals surface area contributed by atoms with Crippen LogP contribution in [0.15, 0.2) is 29.0 Å². The third-order valence-corrected chi connectivity index (χ3v) is 4.46. The second kappa shape index (κ2) is 5.81. The van der Waals surface area contributed by atoms with Crippen molar-refractivity contribution in [2.24, 2.45) is 0 Å². The average molecular weight is 330 g/mol. The van der Waals surface area contributed by atoms with Gasteiger partial charge in [-0.3, -0.25) is 0 Å². The maximum absolute atomic E-state index is 13.6. The van der Waals surface area contributed by atoms with Gasteiger partial charge in [-0.1, -0.05) is 5.16 Å². The van der Waals surface area contributed by atoms with Crippen LogP contribution in [0.5, 0.6) is 0 Å². The van der Waals surface area contributed by atoms with E-state index in [1.165, 1.54) is 24.9 Å². The van der Waals surface area contributed by atoms with Crippen molar-refractivity contribution < 1.29 is 13.3 Å². The van der Waals surface area contributed by atoms with Crippen LogP contribution in [0.4, 0.5) is 14.6 Å². The molecule has 5 nitrogen and oxygen atoms in total. The predicted octanol–water partition coefficient (Wildman–Crippen LogP) is 3.94. The monoisotopic (exact) mass is 330 g/mol. The topological polar surface area (TPSA) is 55.1 Å². The zero-order valence-corrected chi connectivity index (χ0v) is 13.2. The van der Waals surface area contributed by atoms with E-state index in [4.69, 9.17) is 4.52 Å². The fourth-order valence-corrected chi connectivity index (χ4v) is 3.29. The first-order valence-corrected chi connectivity index (χ1v) is 7.97. The first kappa shape index (κ1) is 15.0. The Kier molecular flexibility index (Phi) is 3.63. The van der Waals surface area contributed by atoms with Crippen LogP contribution in [0, 0.1) is 11.6 Å². The number of hydrogen-bond acceptors (Lipinski definition) is 5. The van der Waals surface area contributed by atoms with Gasteiger partial charge in [0.15, 0.2) is 0 Å². The summed E-state index contributed by atoms with van der Waals surface area (Å²) in [5.41, 5.74) is 0.987. The van der Waals surface area contributed by atoms with Crippen molar-refractivity contribution in [2.45, 2.75) is 32.2 Å². The molecule has 1 aliphatic heterocycles. The fourth-order valence-electron chi connectivity index (χ4n) is 3.29. The quantitative estimate of drug-likeness (QED) is 0.712. The summed E-state index contributed by atoms with van der Waals surface area (Å²) in [6, 6.07) is 3.62. The minimum Gasteiger partial charge on any atom is -0.353 e. The van der Waals surface area contributed by atoms with Crippen molar-refractivity contribution in [3.8, 4) is 11.3 Å². The van der Waals surface area contributed by atoms with Gasteiger partial charge in [0.25, 0.3) is 5.71 Å². The molecule has 0 amide bonds. The van der Waals surface area contributed by atoms with Crippen LogP contribution >= 0.6 is 0 Å². The summed E-state index contributed by atoms with van der Waals surface area (Å²) in [4.78, 5) is 10.7. The molecule has 1 fully saturated rings. The van der Waals surface area contributed by atoms with Crippen molar-refractivity contribution in [2.75, 3.05) is 11.4 Å². The van der Waals surface area contributed by atoms with Gasteiger partial charge >= 0.3 is 0 Å². The largest absolute Gasteiger partial charge is 0.353 e. The predicted molar refractivity (Wildman–Crippen MR) is 85.6 cm³/mol. The summed E-state index contributed by atoms with van der Waals surface area (Å²) in [6.07, 6.45) is 4.75. The molecule has 7 heteroatoms. The Morgan fingerprint density at radius 3 is 2.67 bits per heavy atom. The molecule has 0 saturated carbocycles. The number of rotatable bonds is 2. The van der Waals surface area contributed by atoms with Crippen LogP contribution in [0.3, 0.4) is 0 Å². The van der Waals surface area contributed by atoms with Gasteiger partial charge < -0.3 is 9.42 Å². The van der Waals surface area contributed by atoms with Crippen LogP contribution in [0.25, 0.3) is 22.4 Å². The number of fused-ring (bicyclic) bond motifs is 1. The Labute approximate surface area is 137 Å². The highest BCUT2D eigenvalue weighted by molar-refractivity contribution is 5.98. The summed E-state index contributed by atoms with van der Waals surface area (Å²) in [5.74, 6) is -0.620. The smallest absolute Gasteiger partial charge is 0.263 e. The summed E-state index contributed by atoms with van der Waals surface area (Å²) < 4.78 is 32.5. The first-order chi connectivity index (χ1) is 11.6. The van der Waals surface area contributed by atoms with E-state index >= 15 is 0 Å². The van der Waals surface area contributed by atoms with Crippen molar-refractivity contribution in [1.82, 2.24) is 15.1 Å². The zero-order chi connectivity index (χ0) is 16.7. The Balaban J connectivity index is 1.91. The highest BCUT2D eigenvalue weighted by atomic mass is 19.1. The van der Waals surface area contributed by atoms with Crippen LogP contribution in [-0.4, -0.2) is 27.7 Å². The molecule has 0 aliphatic carbocycles. The molecule has 3 heterocycles. The molecule has 1 atom stereocenters. The van der Waals surface area contributed by atoms with Crippen LogP contribution in [0.2, 0.25) is 0 Å². The summed E-state index contributed by atoms with van der Waals surface area (Å²) >= 11 is 0. The van der Waals surface area contributed by atoms with Crippen LogP contribution in [0.1, 0.15) is 26.2 Å². The summed E-state index contributed by atoms with van der Waals surface area (Å²) in [5, 5.41) is 4.58. The molecule has 2 aromatic heterocycles. The van der Waals surface area contributed by atoms with E-state index in [9.17, 15) is 8.78 Å². The first-order valence-electron chi connectivity index (χ1n) is 7.97. The lowest BCUT2D eigenvalue weighted by atomic mass is 10.0. The summed E-state index contributed by atoms with van der Waals surface area (Å²) in [7, 11) is 0. The average Bonchev–Trinajstić information content (AvgIpc) is 2.99. The molecule has 0 unspecified atom stereocenters. The molecule has 0 radical (unpaired) electrons. The lowest BCUT2D eigenvalue weighted by molar-refractivity contribution is 0.450. The molecular formula is C17H16F2N4O. The third kappa shape index (κ3) is 2.50. The molecule has 1 aromatic carbocycles. The molecular weight excluding hydrogens is 314 g/mol. The van der Waals surface area contributed by atoms with E-state index in [1.807, 2.05) is 0 Å². The Hall–Kier alpha value is -2.57. The van der Waals surface area contributed by atoms with Gasteiger partial charge in [-0.05, 0) is 38.3 Å². The number of halogens is 2. The van der Waals surface area contributed by atoms with Gasteiger partial charge in [-0.15, -0.1) is 0 Å². The van der Waals surface area contributed by atoms with Gasteiger partial charge in [-0.25, -0.2) is 13.8 Å². The lowest BCUT2D eigenvalue weighted by Gasteiger charge is -2.34. The highest BCUT2D eigenvalue weighted by Gasteiger charge is 2.26. The number of benzene rings is 1. The molecule has 1 saturated heterocycles. The number of anilines is 1. The minimum absolute atomic E-state index is 0.312. The van der Waals surface area contributed by atoms with Gasteiger partial charge in [-0.2, -0.15) is 4.98 Å². The molecule has 0 spiro atoms. The van der Waals surface area contributed by atoms with E-state index in [0.717, 1.165) is 25.5 Å². The minimum atomic E-state index is -0.661. The second-order valence-electron chi connectivity index (χ2n) is 6.10. The van der Waals surface area contributed by atoms with Crippen molar-refractivity contribution in [3.63, 3.8) is 0 Å². The molecule has 24 heavy (non-hydrogen) atoms. The molecule has 3 aromatic rings. The summed E-state index contributed by atoms with van der Waals surface area (Å²) in [6.45, 7) is 3.01. The van der Waals surface area contributed by atoms with Crippen molar-refractivity contribution in [1.29, 1.82) is 0 Å². The fraction of sp³-hybridized carbons (Fsp3) is 0.353. The van der Waals surface area contributed by atoms with Gasteiger partial charge in [0.1, 0.15) is 34.9 Å². The third-order valence-electron chi connectivity index (χ3n) is 4.46. The van der Waals surface area contributed by atoms with Gasteiger partial charge in [0, 0.05) is 24.2 Å². The van der Waals surface area contributed by atoms with Gasteiger partial charge in [0.2, 0.25) is 0 Å². The van der Waals surface area contributed by atoms with Crippen LogP contribution < -0.4 is 4.90 Å². The number of piperidine rings is 1. The Bertz CT molecular complexity index is 875. The second-order valence-corrected chi connectivity index (χ2v) is 6.10. The molecule has 1 aliphatic rings. The maximum Gasteiger partial charge on any atom is 0.263 e. The number of hydrogen-bond donors (Lipinski definition) is 0. The SMILES string of the molecule is C[C@H]1CCCCN1c1ncnc2onc(-c3cc(F)cc(F)c3)c12. The maximum atomic E-state index is 13.6. The van der Waals surface area contributed by atoms with Crippen molar-refractivity contribution in [3.05, 3.63) is 36.2 Å². The Morgan fingerprint density at radius 1 is 1.12 bits per heavy atom. The molecule has 124 valence electrons. The van der Waals surface area contributed by atoms with Crippen molar-refractivity contribution >= 4 is 16.9 Å². The van der Waals surface area contributed by atoms with E-state index in [-0.39, 0.29) is 0 Å². The van der Waals surface area contributed by atoms with E-state index in [0.29, 0.717) is 34.2 Å². The highest BCUT2D eigenvalue weighted by Crippen LogP contribution is 2.35. The number of nitrogens with zero attached hydrogens (tertiary/aromatic N) is 4.